The predicted octanol–water partition coefficient (Wildman–Crippen LogP) is 3.52. The van der Waals surface area contributed by atoms with E-state index in [0.717, 1.165) is 17.1 Å². The van der Waals surface area contributed by atoms with E-state index in [1.807, 2.05) is 20.2 Å². The summed E-state index contributed by atoms with van der Waals surface area (Å²) in [5.41, 5.74) is 2.20. The lowest BCUT2D eigenvalue weighted by molar-refractivity contribution is 0.501. The van der Waals surface area contributed by atoms with E-state index >= 15 is 0 Å². The Morgan fingerprint density at radius 3 is 3.10 bits per heavy atom. The van der Waals surface area contributed by atoms with E-state index < -0.39 is 0 Å². The SMILES string of the molecule is CNC1CCCc2nc(N(C)Cc3cccc(F)c3)sc21. The van der Waals surface area contributed by atoms with Crippen molar-refractivity contribution in [1.29, 1.82) is 0 Å². The van der Waals surface area contributed by atoms with Crippen LogP contribution in [-0.2, 0) is 13.0 Å². The van der Waals surface area contributed by atoms with Crippen LogP contribution in [0, 0.1) is 5.82 Å². The number of rotatable bonds is 4. The van der Waals surface area contributed by atoms with Crippen LogP contribution in [0.25, 0.3) is 0 Å². The number of aromatic nitrogens is 1. The summed E-state index contributed by atoms with van der Waals surface area (Å²) in [5, 5.41) is 4.39. The van der Waals surface area contributed by atoms with Crippen molar-refractivity contribution in [2.24, 2.45) is 0 Å². The Kier molecular flexibility index (Phi) is 4.22. The van der Waals surface area contributed by atoms with Gasteiger partial charge in [0.05, 0.1) is 5.69 Å². The quantitative estimate of drug-likeness (QED) is 0.937. The van der Waals surface area contributed by atoms with Crippen LogP contribution < -0.4 is 10.2 Å². The Labute approximate surface area is 128 Å². The molecule has 2 aromatic rings. The summed E-state index contributed by atoms with van der Waals surface area (Å²) in [7, 11) is 4.03. The molecule has 0 saturated carbocycles. The van der Waals surface area contributed by atoms with Gasteiger partial charge in [0.2, 0.25) is 0 Å². The maximum atomic E-state index is 13.3. The molecule has 3 rings (SSSR count). The number of nitrogens with one attached hydrogen (secondary N) is 1. The highest BCUT2D eigenvalue weighted by molar-refractivity contribution is 7.15. The summed E-state index contributed by atoms with van der Waals surface area (Å²) < 4.78 is 13.3. The van der Waals surface area contributed by atoms with Crippen molar-refractivity contribution >= 4 is 16.5 Å². The average Bonchev–Trinajstić information content (AvgIpc) is 2.91. The zero-order chi connectivity index (χ0) is 14.8. The molecular weight excluding hydrogens is 285 g/mol. The van der Waals surface area contributed by atoms with E-state index in [1.165, 1.54) is 29.5 Å². The smallest absolute Gasteiger partial charge is 0.185 e. The minimum atomic E-state index is -0.186. The van der Waals surface area contributed by atoms with Gasteiger partial charge < -0.3 is 10.2 Å². The Balaban J connectivity index is 1.79. The standard InChI is InChI=1S/C16H20FN3S/c1-18-13-7-4-8-14-15(13)21-16(19-14)20(2)10-11-5-3-6-12(17)9-11/h3,5-6,9,13,18H,4,7-8,10H2,1-2H3. The lowest BCUT2D eigenvalue weighted by Gasteiger charge is -2.19. The molecule has 1 aromatic carbocycles. The summed E-state index contributed by atoms with van der Waals surface area (Å²) >= 11 is 1.76. The van der Waals surface area contributed by atoms with Crippen molar-refractivity contribution in [2.45, 2.75) is 31.8 Å². The molecule has 0 amide bonds. The molecule has 0 fully saturated rings. The van der Waals surface area contributed by atoms with Crippen molar-refractivity contribution in [1.82, 2.24) is 10.3 Å². The second-order valence-corrected chi connectivity index (χ2v) is 6.54. The molecule has 1 aliphatic carbocycles. The third kappa shape index (κ3) is 3.09. The maximum absolute atomic E-state index is 13.3. The summed E-state index contributed by atoms with van der Waals surface area (Å²) in [6.45, 7) is 0.675. The molecule has 21 heavy (non-hydrogen) atoms. The number of thiazole rings is 1. The molecule has 1 unspecified atom stereocenters. The fourth-order valence-electron chi connectivity index (χ4n) is 2.82. The molecule has 1 atom stereocenters. The van der Waals surface area contributed by atoms with E-state index in [-0.39, 0.29) is 5.82 Å². The van der Waals surface area contributed by atoms with Gasteiger partial charge in [0.15, 0.2) is 5.13 Å². The van der Waals surface area contributed by atoms with Gasteiger partial charge in [-0.05, 0) is 44.0 Å². The Morgan fingerprint density at radius 1 is 1.48 bits per heavy atom. The van der Waals surface area contributed by atoms with Crippen molar-refractivity contribution < 1.29 is 4.39 Å². The van der Waals surface area contributed by atoms with Crippen LogP contribution >= 0.6 is 11.3 Å². The molecule has 1 aliphatic rings. The molecule has 1 heterocycles. The van der Waals surface area contributed by atoms with Crippen LogP contribution in [0.4, 0.5) is 9.52 Å². The van der Waals surface area contributed by atoms with Crippen molar-refractivity contribution in [3.8, 4) is 0 Å². The van der Waals surface area contributed by atoms with Crippen LogP contribution in [0.2, 0.25) is 0 Å². The first-order valence-electron chi connectivity index (χ1n) is 7.30. The zero-order valence-electron chi connectivity index (χ0n) is 12.4. The van der Waals surface area contributed by atoms with Gasteiger partial charge in [0.1, 0.15) is 5.82 Å². The number of benzene rings is 1. The lowest BCUT2D eigenvalue weighted by atomic mass is 9.98. The summed E-state index contributed by atoms with van der Waals surface area (Å²) in [6.07, 6.45) is 3.44. The Bertz CT molecular complexity index is 626. The lowest BCUT2D eigenvalue weighted by Crippen LogP contribution is -2.19. The van der Waals surface area contributed by atoms with Gasteiger partial charge in [0, 0.05) is 24.5 Å². The average molecular weight is 305 g/mol. The van der Waals surface area contributed by atoms with Gasteiger partial charge >= 0.3 is 0 Å². The minimum Gasteiger partial charge on any atom is -0.347 e. The molecule has 112 valence electrons. The number of fused-ring (bicyclic) bond motifs is 1. The summed E-state index contributed by atoms with van der Waals surface area (Å²) in [5.74, 6) is -0.186. The number of anilines is 1. The predicted molar refractivity (Wildman–Crippen MR) is 85.4 cm³/mol. The highest BCUT2D eigenvalue weighted by Gasteiger charge is 2.24. The first-order valence-corrected chi connectivity index (χ1v) is 8.11. The fourth-order valence-corrected chi connectivity index (χ4v) is 4.04. The Hall–Kier alpha value is -1.46. The first kappa shape index (κ1) is 14.5. The number of halogens is 1. The van der Waals surface area contributed by atoms with E-state index in [0.29, 0.717) is 12.6 Å². The highest BCUT2D eigenvalue weighted by atomic mass is 32.1. The number of hydrogen-bond donors (Lipinski definition) is 1. The van der Waals surface area contributed by atoms with E-state index in [9.17, 15) is 4.39 Å². The summed E-state index contributed by atoms with van der Waals surface area (Å²) in [6, 6.07) is 7.19. The largest absolute Gasteiger partial charge is 0.347 e. The van der Waals surface area contributed by atoms with Crippen molar-refractivity contribution in [3.63, 3.8) is 0 Å². The van der Waals surface area contributed by atoms with E-state index in [2.05, 4.69) is 10.2 Å². The van der Waals surface area contributed by atoms with Crippen LogP contribution in [0.3, 0.4) is 0 Å². The molecule has 0 radical (unpaired) electrons. The molecule has 3 nitrogen and oxygen atoms in total. The highest BCUT2D eigenvalue weighted by Crippen LogP contribution is 2.37. The van der Waals surface area contributed by atoms with Gasteiger partial charge in [-0.25, -0.2) is 9.37 Å². The molecule has 0 spiro atoms. The van der Waals surface area contributed by atoms with Crippen LogP contribution in [0.5, 0.6) is 0 Å². The fraction of sp³-hybridized carbons (Fsp3) is 0.438. The molecule has 0 saturated heterocycles. The summed E-state index contributed by atoms with van der Waals surface area (Å²) in [4.78, 5) is 8.25. The third-order valence-corrected chi connectivity index (χ3v) is 5.25. The topological polar surface area (TPSA) is 28.2 Å². The molecule has 0 bridgehead atoms. The van der Waals surface area contributed by atoms with Gasteiger partial charge in [-0.2, -0.15) is 0 Å². The molecule has 1 N–H and O–H groups in total. The first-order chi connectivity index (χ1) is 10.2. The van der Waals surface area contributed by atoms with Crippen molar-refractivity contribution in [3.05, 3.63) is 46.2 Å². The van der Waals surface area contributed by atoms with Crippen LogP contribution in [0.15, 0.2) is 24.3 Å². The van der Waals surface area contributed by atoms with Crippen LogP contribution in [-0.4, -0.2) is 19.1 Å². The Morgan fingerprint density at radius 2 is 2.33 bits per heavy atom. The van der Waals surface area contributed by atoms with E-state index in [4.69, 9.17) is 4.98 Å². The number of aryl methyl sites for hydroxylation is 1. The van der Waals surface area contributed by atoms with Crippen LogP contribution in [0.1, 0.15) is 35.0 Å². The van der Waals surface area contributed by atoms with Gasteiger partial charge in [-0.3, -0.25) is 0 Å². The molecular formula is C16H20FN3S. The number of nitrogens with zero attached hydrogens (tertiary/aromatic N) is 2. The number of hydrogen-bond acceptors (Lipinski definition) is 4. The van der Waals surface area contributed by atoms with E-state index in [1.54, 1.807) is 23.5 Å². The second-order valence-electron chi connectivity index (χ2n) is 5.53. The normalized spacial score (nSPS) is 17.6. The minimum absolute atomic E-state index is 0.186. The van der Waals surface area contributed by atoms with Gasteiger partial charge in [-0.1, -0.05) is 23.5 Å². The van der Waals surface area contributed by atoms with Crippen molar-refractivity contribution in [2.75, 3.05) is 19.0 Å². The van der Waals surface area contributed by atoms with Gasteiger partial charge in [0.25, 0.3) is 0 Å². The molecule has 1 aromatic heterocycles. The third-order valence-electron chi connectivity index (χ3n) is 3.92. The second kappa shape index (κ2) is 6.12. The molecule has 0 aliphatic heterocycles. The van der Waals surface area contributed by atoms with Gasteiger partial charge in [-0.15, -0.1) is 0 Å². The maximum Gasteiger partial charge on any atom is 0.185 e. The zero-order valence-corrected chi connectivity index (χ0v) is 13.2. The molecule has 5 heteroatoms. The monoisotopic (exact) mass is 305 g/mol.